The molecule has 0 radical (unpaired) electrons. The van der Waals surface area contributed by atoms with Gasteiger partial charge in [0, 0.05) is 18.9 Å². The number of carbonyl (C=O) groups excluding carboxylic acids is 1. The van der Waals surface area contributed by atoms with Gasteiger partial charge in [0.25, 0.3) is 5.91 Å². The van der Waals surface area contributed by atoms with Crippen LogP contribution in [-0.4, -0.2) is 22.4 Å². The van der Waals surface area contributed by atoms with Gasteiger partial charge in [-0.2, -0.15) is 5.26 Å². The summed E-state index contributed by atoms with van der Waals surface area (Å²) in [7, 11) is 0. The molecule has 6 heteroatoms. The van der Waals surface area contributed by atoms with E-state index in [1.165, 1.54) is 30.8 Å². The van der Waals surface area contributed by atoms with Gasteiger partial charge in [0.1, 0.15) is 6.07 Å². The van der Waals surface area contributed by atoms with Crippen LogP contribution in [0.2, 0.25) is 0 Å². The van der Waals surface area contributed by atoms with Gasteiger partial charge < -0.3 is 10.6 Å². The van der Waals surface area contributed by atoms with E-state index < -0.39 is 0 Å². The number of para-hydroxylation sites is 1. The van der Waals surface area contributed by atoms with Crippen molar-refractivity contribution in [3.8, 4) is 6.07 Å². The third kappa shape index (κ3) is 4.67. The van der Waals surface area contributed by atoms with Crippen molar-refractivity contribution in [3.05, 3.63) is 59.4 Å². The molecule has 1 aromatic heterocycles. The SMILES string of the molecule is N#Cc1ccccc1Nc1ncc(C(=O)NCCC2=CCCCC2)cn1. The highest BCUT2D eigenvalue weighted by Gasteiger charge is 2.09. The molecule has 0 unspecified atom stereocenters. The molecule has 132 valence electrons. The maximum absolute atomic E-state index is 12.2. The Kier molecular flexibility index (Phi) is 5.94. The van der Waals surface area contributed by atoms with Crippen LogP contribution in [0.15, 0.2) is 48.3 Å². The number of rotatable bonds is 6. The van der Waals surface area contributed by atoms with Gasteiger partial charge in [-0.1, -0.05) is 23.8 Å². The molecule has 0 saturated heterocycles. The largest absolute Gasteiger partial charge is 0.352 e. The number of aromatic nitrogens is 2. The Hall–Kier alpha value is -3.20. The molecule has 1 aliphatic rings. The molecular weight excluding hydrogens is 326 g/mol. The number of hydrogen-bond donors (Lipinski definition) is 2. The molecule has 0 atom stereocenters. The highest BCUT2D eigenvalue weighted by Crippen LogP contribution is 2.19. The van der Waals surface area contributed by atoms with E-state index in [0.29, 0.717) is 29.3 Å². The number of hydrogen-bond acceptors (Lipinski definition) is 5. The van der Waals surface area contributed by atoms with Crippen molar-refractivity contribution >= 4 is 17.5 Å². The number of nitrogens with zero attached hydrogens (tertiary/aromatic N) is 3. The minimum atomic E-state index is -0.176. The first-order valence-corrected chi connectivity index (χ1v) is 8.80. The van der Waals surface area contributed by atoms with Gasteiger partial charge in [0.05, 0.1) is 16.8 Å². The Labute approximate surface area is 153 Å². The van der Waals surface area contributed by atoms with E-state index in [4.69, 9.17) is 5.26 Å². The Morgan fingerprint density at radius 1 is 1.19 bits per heavy atom. The molecule has 1 aromatic carbocycles. The van der Waals surface area contributed by atoms with Crippen LogP contribution in [0, 0.1) is 11.3 Å². The molecule has 3 rings (SSSR count). The standard InChI is InChI=1S/C20H21N5O/c21-12-16-8-4-5-9-18(16)25-20-23-13-17(14-24-20)19(26)22-11-10-15-6-2-1-3-7-15/h4-6,8-9,13-14H,1-3,7,10-11H2,(H,22,26)(H,23,24,25). The lowest BCUT2D eigenvalue weighted by Crippen LogP contribution is -2.25. The first kappa shape index (κ1) is 17.6. The summed E-state index contributed by atoms with van der Waals surface area (Å²) in [5.41, 5.74) is 2.99. The van der Waals surface area contributed by atoms with Crippen LogP contribution in [-0.2, 0) is 0 Å². The van der Waals surface area contributed by atoms with Crippen LogP contribution in [0.3, 0.4) is 0 Å². The number of nitrogens with one attached hydrogen (secondary N) is 2. The summed E-state index contributed by atoms with van der Waals surface area (Å²) in [6, 6.07) is 9.22. The summed E-state index contributed by atoms with van der Waals surface area (Å²) in [5.74, 6) is 0.169. The van der Waals surface area contributed by atoms with E-state index in [1.54, 1.807) is 18.2 Å². The number of amides is 1. The van der Waals surface area contributed by atoms with Crippen molar-refractivity contribution in [2.75, 3.05) is 11.9 Å². The normalized spacial score (nSPS) is 13.4. The van der Waals surface area contributed by atoms with Gasteiger partial charge in [0.15, 0.2) is 0 Å². The Morgan fingerprint density at radius 3 is 2.73 bits per heavy atom. The molecule has 2 N–H and O–H groups in total. The second-order valence-corrected chi connectivity index (χ2v) is 6.19. The van der Waals surface area contributed by atoms with Gasteiger partial charge in [-0.25, -0.2) is 9.97 Å². The van der Waals surface area contributed by atoms with Crippen LogP contribution < -0.4 is 10.6 Å². The van der Waals surface area contributed by atoms with Crippen molar-refractivity contribution in [2.45, 2.75) is 32.1 Å². The fourth-order valence-corrected chi connectivity index (χ4v) is 2.89. The molecule has 0 spiro atoms. The summed E-state index contributed by atoms with van der Waals surface area (Å²) < 4.78 is 0. The average Bonchev–Trinajstić information content (AvgIpc) is 2.70. The van der Waals surface area contributed by atoms with Gasteiger partial charge in [0.2, 0.25) is 5.95 Å². The van der Waals surface area contributed by atoms with Crippen molar-refractivity contribution in [3.63, 3.8) is 0 Å². The van der Waals surface area contributed by atoms with Crippen molar-refractivity contribution in [2.24, 2.45) is 0 Å². The zero-order chi connectivity index (χ0) is 18.2. The average molecular weight is 347 g/mol. The monoisotopic (exact) mass is 347 g/mol. The molecule has 6 nitrogen and oxygen atoms in total. The van der Waals surface area contributed by atoms with Gasteiger partial charge >= 0.3 is 0 Å². The second kappa shape index (κ2) is 8.77. The first-order chi connectivity index (χ1) is 12.8. The fraction of sp³-hybridized carbons (Fsp3) is 0.300. The Morgan fingerprint density at radius 2 is 2.00 bits per heavy atom. The number of allylic oxidation sites excluding steroid dienone is 1. The lowest BCUT2D eigenvalue weighted by Gasteiger charge is -2.13. The van der Waals surface area contributed by atoms with E-state index in [-0.39, 0.29) is 5.91 Å². The van der Waals surface area contributed by atoms with Crippen molar-refractivity contribution in [1.29, 1.82) is 5.26 Å². The second-order valence-electron chi connectivity index (χ2n) is 6.19. The molecule has 26 heavy (non-hydrogen) atoms. The summed E-state index contributed by atoms with van der Waals surface area (Å²) in [4.78, 5) is 20.5. The molecule has 2 aromatic rings. The molecule has 0 fully saturated rings. The van der Waals surface area contributed by atoms with Crippen LogP contribution in [0.25, 0.3) is 0 Å². The van der Waals surface area contributed by atoms with E-state index in [2.05, 4.69) is 32.7 Å². The van der Waals surface area contributed by atoms with E-state index >= 15 is 0 Å². The zero-order valence-corrected chi connectivity index (χ0v) is 14.5. The highest BCUT2D eigenvalue weighted by molar-refractivity contribution is 5.93. The maximum atomic E-state index is 12.2. The highest BCUT2D eigenvalue weighted by atomic mass is 16.1. The minimum absolute atomic E-state index is 0.176. The fourth-order valence-electron chi connectivity index (χ4n) is 2.89. The molecule has 0 bridgehead atoms. The number of anilines is 2. The third-order valence-electron chi connectivity index (χ3n) is 4.32. The Balaban J connectivity index is 1.54. The number of benzene rings is 1. The summed E-state index contributed by atoms with van der Waals surface area (Å²) in [6.45, 7) is 0.625. The maximum Gasteiger partial charge on any atom is 0.254 e. The predicted octanol–water partition coefficient (Wildman–Crippen LogP) is 3.71. The smallest absolute Gasteiger partial charge is 0.254 e. The van der Waals surface area contributed by atoms with E-state index in [0.717, 1.165) is 19.3 Å². The first-order valence-electron chi connectivity index (χ1n) is 8.80. The van der Waals surface area contributed by atoms with Crippen LogP contribution in [0.5, 0.6) is 0 Å². The summed E-state index contributed by atoms with van der Waals surface area (Å²) >= 11 is 0. The van der Waals surface area contributed by atoms with Crippen LogP contribution in [0.1, 0.15) is 48.0 Å². The molecule has 1 amide bonds. The quantitative estimate of drug-likeness (QED) is 0.777. The molecule has 0 saturated carbocycles. The predicted molar refractivity (Wildman–Crippen MR) is 100.0 cm³/mol. The van der Waals surface area contributed by atoms with E-state index in [1.807, 2.05) is 6.07 Å². The number of nitriles is 1. The summed E-state index contributed by atoms with van der Waals surface area (Å²) in [5, 5.41) is 15.0. The van der Waals surface area contributed by atoms with Gasteiger partial charge in [-0.15, -0.1) is 0 Å². The van der Waals surface area contributed by atoms with Gasteiger partial charge in [-0.3, -0.25) is 4.79 Å². The lowest BCUT2D eigenvalue weighted by molar-refractivity contribution is 0.0953. The van der Waals surface area contributed by atoms with Crippen molar-refractivity contribution < 1.29 is 4.79 Å². The summed E-state index contributed by atoms with van der Waals surface area (Å²) in [6.07, 6.45) is 11.0. The molecular formula is C20H21N5O. The van der Waals surface area contributed by atoms with E-state index in [9.17, 15) is 4.79 Å². The third-order valence-corrected chi connectivity index (χ3v) is 4.32. The zero-order valence-electron chi connectivity index (χ0n) is 14.5. The molecule has 1 aliphatic carbocycles. The molecule has 0 aliphatic heterocycles. The topological polar surface area (TPSA) is 90.7 Å². The van der Waals surface area contributed by atoms with Crippen LogP contribution in [0.4, 0.5) is 11.6 Å². The van der Waals surface area contributed by atoms with Crippen molar-refractivity contribution in [1.82, 2.24) is 15.3 Å². The Bertz CT molecular complexity index is 836. The lowest BCUT2D eigenvalue weighted by atomic mass is 9.97. The van der Waals surface area contributed by atoms with Crippen LogP contribution >= 0.6 is 0 Å². The van der Waals surface area contributed by atoms with Gasteiger partial charge in [-0.05, 0) is 44.2 Å². The number of carbonyl (C=O) groups is 1. The minimum Gasteiger partial charge on any atom is -0.352 e. The molecule has 1 heterocycles.